The smallest absolute Gasteiger partial charge is 0.237 e. The van der Waals surface area contributed by atoms with E-state index in [0.717, 1.165) is 19.3 Å². The Kier molecular flexibility index (Phi) is 7.08. The molecule has 0 bridgehead atoms. The third kappa shape index (κ3) is 4.50. The van der Waals surface area contributed by atoms with Crippen LogP contribution < -0.4 is 11.1 Å². The molecule has 0 saturated carbocycles. The molecule has 4 nitrogen and oxygen atoms in total. The highest BCUT2D eigenvalue weighted by molar-refractivity contribution is 5.85. The summed E-state index contributed by atoms with van der Waals surface area (Å²) in [4.78, 5) is 12.4. The first kappa shape index (κ1) is 19.2. The summed E-state index contributed by atoms with van der Waals surface area (Å²) >= 11 is 0. The van der Waals surface area contributed by atoms with Crippen LogP contribution in [0.1, 0.15) is 55.3 Å². The van der Waals surface area contributed by atoms with Crippen LogP contribution >= 0.6 is 12.4 Å². The Balaban J connectivity index is 0.00000208. The van der Waals surface area contributed by atoms with E-state index in [4.69, 9.17) is 10.5 Å². The van der Waals surface area contributed by atoms with Gasteiger partial charge >= 0.3 is 0 Å². The number of halogens is 1. The Morgan fingerprint density at radius 3 is 2.58 bits per heavy atom. The molecule has 2 aliphatic rings. The van der Waals surface area contributed by atoms with Crippen LogP contribution in [0, 0.1) is 5.92 Å². The van der Waals surface area contributed by atoms with Crippen molar-refractivity contribution in [2.24, 2.45) is 11.7 Å². The average molecular weight is 353 g/mol. The molecular weight excluding hydrogens is 324 g/mol. The van der Waals surface area contributed by atoms with E-state index in [1.165, 1.54) is 36.0 Å². The normalized spacial score (nSPS) is 20.4. The first-order valence-electron chi connectivity index (χ1n) is 8.90. The molecule has 3 N–H and O–H groups in total. The number of benzene rings is 1. The van der Waals surface area contributed by atoms with Crippen LogP contribution in [0.2, 0.25) is 0 Å². The molecule has 1 aliphatic heterocycles. The third-order valence-corrected chi connectivity index (χ3v) is 5.31. The molecule has 24 heavy (non-hydrogen) atoms. The molecule has 0 radical (unpaired) electrons. The van der Waals surface area contributed by atoms with Crippen LogP contribution in [0.3, 0.4) is 0 Å². The number of hydrogen-bond donors (Lipinski definition) is 2. The van der Waals surface area contributed by atoms with E-state index in [1.807, 2.05) is 6.92 Å². The van der Waals surface area contributed by atoms with E-state index in [9.17, 15) is 4.79 Å². The quantitative estimate of drug-likeness (QED) is 0.875. The van der Waals surface area contributed by atoms with Gasteiger partial charge in [-0.05, 0) is 68.1 Å². The van der Waals surface area contributed by atoms with Crippen molar-refractivity contribution in [2.45, 2.75) is 57.5 Å². The lowest BCUT2D eigenvalue weighted by molar-refractivity contribution is -0.125. The van der Waals surface area contributed by atoms with E-state index >= 15 is 0 Å². The first-order chi connectivity index (χ1) is 11.1. The summed E-state index contributed by atoms with van der Waals surface area (Å²) < 4.78 is 5.35. The van der Waals surface area contributed by atoms with Gasteiger partial charge in [-0.3, -0.25) is 4.79 Å². The second-order valence-corrected chi connectivity index (χ2v) is 6.94. The van der Waals surface area contributed by atoms with Crippen LogP contribution in [0.4, 0.5) is 0 Å². The second kappa shape index (κ2) is 8.84. The lowest BCUT2D eigenvalue weighted by Crippen LogP contribution is -2.47. The van der Waals surface area contributed by atoms with Gasteiger partial charge in [0.1, 0.15) is 0 Å². The number of nitrogens with one attached hydrogen (secondary N) is 1. The molecule has 1 aliphatic carbocycles. The van der Waals surface area contributed by atoms with Crippen LogP contribution in [0.5, 0.6) is 0 Å². The van der Waals surface area contributed by atoms with Crippen molar-refractivity contribution < 1.29 is 9.53 Å². The van der Waals surface area contributed by atoms with Gasteiger partial charge in [0.15, 0.2) is 0 Å². The van der Waals surface area contributed by atoms with Gasteiger partial charge in [0, 0.05) is 13.2 Å². The summed E-state index contributed by atoms with van der Waals surface area (Å²) in [6.45, 7) is 3.47. The zero-order valence-electron chi connectivity index (χ0n) is 14.4. The minimum absolute atomic E-state index is 0. The minimum atomic E-state index is -0.432. The third-order valence-electron chi connectivity index (χ3n) is 5.31. The van der Waals surface area contributed by atoms with E-state index in [0.29, 0.717) is 13.2 Å². The molecule has 1 aromatic rings. The topological polar surface area (TPSA) is 64.4 Å². The summed E-state index contributed by atoms with van der Waals surface area (Å²) in [7, 11) is 0. The maximum absolute atomic E-state index is 12.4. The van der Waals surface area contributed by atoms with Gasteiger partial charge in [-0.1, -0.05) is 18.2 Å². The maximum Gasteiger partial charge on any atom is 0.237 e. The minimum Gasteiger partial charge on any atom is -0.381 e. The standard InChI is InChI=1S/C19H28N2O2.ClH/c1-13(16-7-6-14-4-2-3-5-17(14)12-16)21-19(22)18(20)15-8-10-23-11-9-15;/h6-7,12-13,15,18H,2-5,8-11,20H2,1H3,(H,21,22);1H. The fourth-order valence-electron chi connectivity index (χ4n) is 3.70. The summed E-state index contributed by atoms with van der Waals surface area (Å²) in [5, 5.41) is 3.10. The SMILES string of the molecule is CC(NC(=O)C(N)C1CCOCC1)c1ccc2c(c1)CCCC2.Cl. The van der Waals surface area contributed by atoms with Gasteiger partial charge in [-0.2, -0.15) is 0 Å². The van der Waals surface area contributed by atoms with Gasteiger partial charge in [-0.25, -0.2) is 0 Å². The van der Waals surface area contributed by atoms with Gasteiger partial charge in [0.05, 0.1) is 12.1 Å². The summed E-state index contributed by atoms with van der Waals surface area (Å²) in [6, 6.07) is 6.21. The predicted molar refractivity (Wildman–Crippen MR) is 98.4 cm³/mol. The van der Waals surface area contributed by atoms with E-state index in [-0.39, 0.29) is 30.3 Å². The van der Waals surface area contributed by atoms with Gasteiger partial charge in [-0.15, -0.1) is 12.4 Å². The van der Waals surface area contributed by atoms with Crippen molar-refractivity contribution >= 4 is 18.3 Å². The highest BCUT2D eigenvalue weighted by Gasteiger charge is 2.27. The van der Waals surface area contributed by atoms with Crippen molar-refractivity contribution in [3.8, 4) is 0 Å². The number of ether oxygens (including phenoxy) is 1. The molecular formula is C19H29ClN2O2. The van der Waals surface area contributed by atoms with Gasteiger partial charge < -0.3 is 15.8 Å². The van der Waals surface area contributed by atoms with Crippen molar-refractivity contribution in [2.75, 3.05) is 13.2 Å². The Morgan fingerprint density at radius 2 is 1.88 bits per heavy atom. The van der Waals surface area contributed by atoms with E-state index in [1.54, 1.807) is 0 Å². The molecule has 1 amide bonds. The number of aryl methyl sites for hydroxylation is 2. The Labute approximate surface area is 150 Å². The molecule has 1 heterocycles. The fraction of sp³-hybridized carbons (Fsp3) is 0.632. The zero-order valence-corrected chi connectivity index (χ0v) is 15.2. The van der Waals surface area contributed by atoms with Crippen LogP contribution in [0.25, 0.3) is 0 Å². The van der Waals surface area contributed by atoms with Crippen LogP contribution in [-0.4, -0.2) is 25.2 Å². The first-order valence-corrected chi connectivity index (χ1v) is 8.90. The lowest BCUT2D eigenvalue weighted by Gasteiger charge is -2.28. The molecule has 1 saturated heterocycles. The highest BCUT2D eigenvalue weighted by atomic mass is 35.5. The zero-order chi connectivity index (χ0) is 16.2. The number of amides is 1. The number of rotatable bonds is 4. The van der Waals surface area contributed by atoms with Crippen LogP contribution in [-0.2, 0) is 22.4 Å². The van der Waals surface area contributed by atoms with Crippen molar-refractivity contribution in [1.29, 1.82) is 0 Å². The fourth-order valence-corrected chi connectivity index (χ4v) is 3.70. The van der Waals surface area contributed by atoms with E-state index < -0.39 is 6.04 Å². The molecule has 0 aromatic heterocycles. The summed E-state index contributed by atoms with van der Waals surface area (Å²) in [5.74, 6) is 0.196. The lowest BCUT2D eigenvalue weighted by atomic mass is 9.89. The number of fused-ring (bicyclic) bond motifs is 1. The molecule has 1 aromatic carbocycles. The van der Waals surface area contributed by atoms with Crippen molar-refractivity contribution in [1.82, 2.24) is 5.32 Å². The summed E-state index contributed by atoms with van der Waals surface area (Å²) in [6.07, 6.45) is 6.66. The largest absolute Gasteiger partial charge is 0.381 e. The molecule has 3 rings (SSSR count). The van der Waals surface area contributed by atoms with Crippen LogP contribution in [0.15, 0.2) is 18.2 Å². The predicted octanol–water partition coefficient (Wildman–Crippen LogP) is 2.92. The monoisotopic (exact) mass is 352 g/mol. The molecule has 2 unspecified atom stereocenters. The Bertz CT molecular complexity index is 558. The highest BCUT2D eigenvalue weighted by Crippen LogP contribution is 2.25. The number of nitrogens with two attached hydrogens (primary N) is 1. The average Bonchev–Trinajstić information content (AvgIpc) is 2.61. The molecule has 5 heteroatoms. The van der Waals surface area contributed by atoms with Crippen molar-refractivity contribution in [3.63, 3.8) is 0 Å². The molecule has 134 valence electrons. The van der Waals surface area contributed by atoms with Gasteiger partial charge in [0.25, 0.3) is 0 Å². The van der Waals surface area contributed by atoms with E-state index in [2.05, 4.69) is 23.5 Å². The second-order valence-electron chi connectivity index (χ2n) is 6.94. The summed E-state index contributed by atoms with van der Waals surface area (Å²) in [5.41, 5.74) is 10.3. The molecule has 0 spiro atoms. The number of hydrogen-bond acceptors (Lipinski definition) is 3. The van der Waals surface area contributed by atoms with Crippen molar-refractivity contribution in [3.05, 3.63) is 34.9 Å². The molecule has 2 atom stereocenters. The maximum atomic E-state index is 12.4. The number of carbonyl (C=O) groups is 1. The Morgan fingerprint density at radius 1 is 1.21 bits per heavy atom. The Hall–Kier alpha value is -1.10. The molecule has 1 fully saturated rings. The van der Waals surface area contributed by atoms with Gasteiger partial charge in [0.2, 0.25) is 5.91 Å². The number of carbonyl (C=O) groups excluding carboxylic acids is 1.